The summed E-state index contributed by atoms with van der Waals surface area (Å²) in [6.07, 6.45) is -4.48. The van der Waals surface area contributed by atoms with Crippen LogP contribution in [0.5, 0.6) is 0 Å². The van der Waals surface area contributed by atoms with Gasteiger partial charge in [0, 0.05) is 21.0 Å². The van der Waals surface area contributed by atoms with Gasteiger partial charge in [0.1, 0.15) is 6.10 Å². The van der Waals surface area contributed by atoms with Crippen LogP contribution in [0, 0.1) is 5.41 Å². The molecule has 138 valence electrons. The Balaban J connectivity index is 3.11. The summed E-state index contributed by atoms with van der Waals surface area (Å²) < 4.78 is 26.8. The third-order valence-electron chi connectivity index (χ3n) is 3.44. The van der Waals surface area contributed by atoms with Gasteiger partial charge in [-0.2, -0.15) is 0 Å². The fraction of sp³-hybridized carbons (Fsp3) is 0.812. The first-order valence-electron chi connectivity index (χ1n) is 7.71. The van der Waals surface area contributed by atoms with Crippen molar-refractivity contribution < 1.29 is 38.1 Å². The lowest BCUT2D eigenvalue weighted by Gasteiger charge is -2.43. The van der Waals surface area contributed by atoms with Crippen molar-refractivity contribution in [2.45, 2.75) is 72.2 Å². The molecule has 0 unspecified atom stereocenters. The standard InChI is InChI=1S/C16H26O8/c1-8-11(22-9(2)17)12(20-7)13(14(21-8)23-10(3)18)24-15(19)16(4,5)6/h8,11-14H,1-7H3/t8-,11-,12+,13+,14-/m0/s1. The number of carbonyl (C=O) groups is 3. The Bertz CT molecular complexity index is 481. The summed E-state index contributed by atoms with van der Waals surface area (Å²) in [4.78, 5) is 34.9. The van der Waals surface area contributed by atoms with Crippen molar-refractivity contribution >= 4 is 17.9 Å². The highest BCUT2D eigenvalue weighted by Crippen LogP contribution is 2.30. The van der Waals surface area contributed by atoms with Gasteiger partial charge in [0.05, 0.1) is 11.5 Å². The van der Waals surface area contributed by atoms with Crippen LogP contribution in [-0.4, -0.2) is 55.7 Å². The van der Waals surface area contributed by atoms with Crippen molar-refractivity contribution in [1.82, 2.24) is 0 Å². The molecule has 1 fully saturated rings. The van der Waals surface area contributed by atoms with Crippen LogP contribution in [-0.2, 0) is 38.1 Å². The first-order valence-corrected chi connectivity index (χ1v) is 7.71. The molecule has 0 aromatic rings. The molecular weight excluding hydrogens is 320 g/mol. The van der Waals surface area contributed by atoms with Gasteiger partial charge in [-0.1, -0.05) is 0 Å². The van der Waals surface area contributed by atoms with Gasteiger partial charge in [0.2, 0.25) is 6.29 Å². The predicted molar refractivity (Wildman–Crippen MR) is 81.8 cm³/mol. The van der Waals surface area contributed by atoms with Gasteiger partial charge in [-0.25, -0.2) is 0 Å². The van der Waals surface area contributed by atoms with Gasteiger partial charge in [-0.05, 0) is 27.7 Å². The van der Waals surface area contributed by atoms with Crippen molar-refractivity contribution in [3.05, 3.63) is 0 Å². The van der Waals surface area contributed by atoms with Crippen LogP contribution in [0.3, 0.4) is 0 Å². The van der Waals surface area contributed by atoms with E-state index >= 15 is 0 Å². The summed E-state index contributed by atoms with van der Waals surface area (Å²) >= 11 is 0. The third kappa shape index (κ3) is 5.17. The molecule has 0 N–H and O–H groups in total. The van der Waals surface area contributed by atoms with Crippen LogP contribution >= 0.6 is 0 Å². The molecule has 0 aromatic heterocycles. The highest BCUT2D eigenvalue weighted by molar-refractivity contribution is 5.75. The molecule has 24 heavy (non-hydrogen) atoms. The molecule has 8 nitrogen and oxygen atoms in total. The molecule has 5 atom stereocenters. The Morgan fingerprint density at radius 1 is 0.875 bits per heavy atom. The van der Waals surface area contributed by atoms with E-state index in [4.69, 9.17) is 23.7 Å². The third-order valence-corrected chi connectivity index (χ3v) is 3.44. The largest absolute Gasteiger partial charge is 0.457 e. The first-order chi connectivity index (χ1) is 11.0. The first kappa shape index (κ1) is 20.4. The molecule has 0 amide bonds. The number of hydrogen-bond donors (Lipinski definition) is 0. The molecule has 0 saturated carbocycles. The number of methoxy groups -OCH3 is 1. The van der Waals surface area contributed by atoms with E-state index in [9.17, 15) is 14.4 Å². The van der Waals surface area contributed by atoms with Gasteiger partial charge >= 0.3 is 17.9 Å². The molecule has 0 radical (unpaired) electrons. The minimum absolute atomic E-state index is 0.522. The molecule has 1 saturated heterocycles. The number of ether oxygens (including phenoxy) is 5. The Labute approximate surface area is 141 Å². The van der Waals surface area contributed by atoms with E-state index in [1.165, 1.54) is 21.0 Å². The van der Waals surface area contributed by atoms with E-state index in [1.807, 2.05) is 0 Å². The van der Waals surface area contributed by atoms with Crippen LogP contribution in [0.4, 0.5) is 0 Å². The zero-order valence-corrected chi connectivity index (χ0v) is 15.2. The minimum Gasteiger partial charge on any atom is -0.457 e. The average Bonchev–Trinajstić information content (AvgIpc) is 2.41. The van der Waals surface area contributed by atoms with Gasteiger partial charge in [-0.15, -0.1) is 0 Å². The maximum atomic E-state index is 12.3. The van der Waals surface area contributed by atoms with Gasteiger partial charge < -0.3 is 23.7 Å². The van der Waals surface area contributed by atoms with Crippen LogP contribution < -0.4 is 0 Å². The van der Waals surface area contributed by atoms with Crippen molar-refractivity contribution in [2.24, 2.45) is 5.41 Å². The van der Waals surface area contributed by atoms with Crippen LogP contribution in [0.2, 0.25) is 0 Å². The second kappa shape index (κ2) is 7.94. The van der Waals surface area contributed by atoms with Crippen LogP contribution in [0.25, 0.3) is 0 Å². The topological polar surface area (TPSA) is 97.4 Å². The maximum absolute atomic E-state index is 12.3. The number of carbonyl (C=O) groups excluding carboxylic acids is 3. The molecule has 8 heteroatoms. The monoisotopic (exact) mass is 346 g/mol. The van der Waals surface area contributed by atoms with Crippen molar-refractivity contribution in [2.75, 3.05) is 7.11 Å². The van der Waals surface area contributed by atoms with E-state index in [0.29, 0.717) is 0 Å². The van der Waals surface area contributed by atoms with Gasteiger partial charge in [-0.3, -0.25) is 14.4 Å². The Hall–Kier alpha value is -1.67. The molecule has 1 aliphatic heterocycles. The number of rotatable bonds is 4. The molecule has 0 aliphatic carbocycles. The Kier molecular flexibility index (Phi) is 6.74. The van der Waals surface area contributed by atoms with E-state index in [0.717, 1.165) is 0 Å². The minimum atomic E-state index is -1.15. The lowest BCUT2D eigenvalue weighted by atomic mass is 9.95. The van der Waals surface area contributed by atoms with Crippen LogP contribution in [0.1, 0.15) is 41.5 Å². The second-order valence-corrected chi connectivity index (χ2v) is 6.71. The molecule has 1 aliphatic rings. The number of hydrogen-bond acceptors (Lipinski definition) is 8. The molecule has 1 rings (SSSR count). The highest BCUT2D eigenvalue weighted by atomic mass is 16.7. The molecule has 1 heterocycles. The normalized spacial score (nSPS) is 30.4. The predicted octanol–water partition coefficient (Wildman–Crippen LogP) is 1.20. The van der Waals surface area contributed by atoms with E-state index in [2.05, 4.69) is 0 Å². The van der Waals surface area contributed by atoms with E-state index in [-0.39, 0.29) is 0 Å². The second-order valence-electron chi connectivity index (χ2n) is 6.71. The molecule has 0 bridgehead atoms. The van der Waals surface area contributed by atoms with E-state index in [1.54, 1.807) is 27.7 Å². The van der Waals surface area contributed by atoms with Crippen molar-refractivity contribution in [1.29, 1.82) is 0 Å². The van der Waals surface area contributed by atoms with Crippen LogP contribution in [0.15, 0.2) is 0 Å². The quantitative estimate of drug-likeness (QED) is 0.553. The lowest BCUT2D eigenvalue weighted by Crippen LogP contribution is -2.61. The summed E-state index contributed by atoms with van der Waals surface area (Å²) in [5.41, 5.74) is -0.779. The Morgan fingerprint density at radius 3 is 1.83 bits per heavy atom. The summed E-state index contributed by atoms with van der Waals surface area (Å²) in [6.45, 7) is 9.19. The molecule has 0 spiro atoms. The Morgan fingerprint density at radius 2 is 1.42 bits per heavy atom. The summed E-state index contributed by atoms with van der Waals surface area (Å²) in [6, 6.07) is 0. The fourth-order valence-electron chi connectivity index (χ4n) is 2.28. The smallest absolute Gasteiger partial charge is 0.311 e. The van der Waals surface area contributed by atoms with Gasteiger partial charge in [0.25, 0.3) is 0 Å². The summed E-state index contributed by atoms with van der Waals surface area (Å²) in [5, 5.41) is 0. The number of esters is 3. The fourth-order valence-corrected chi connectivity index (χ4v) is 2.28. The lowest BCUT2D eigenvalue weighted by molar-refractivity contribution is -0.295. The highest BCUT2D eigenvalue weighted by Gasteiger charge is 2.51. The zero-order valence-electron chi connectivity index (χ0n) is 15.2. The summed E-state index contributed by atoms with van der Waals surface area (Å²) in [5.74, 6) is -1.64. The van der Waals surface area contributed by atoms with Gasteiger partial charge in [0.15, 0.2) is 12.2 Å². The summed E-state index contributed by atoms with van der Waals surface area (Å²) in [7, 11) is 1.39. The maximum Gasteiger partial charge on any atom is 0.311 e. The zero-order chi connectivity index (χ0) is 18.7. The van der Waals surface area contributed by atoms with Crippen molar-refractivity contribution in [3.8, 4) is 0 Å². The van der Waals surface area contributed by atoms with E-state index < -0.39 is 54.0 Å². The van der Waals surface area contributed by atoms with Crippen molar-refractivity contribution in [3.63, 3.8) is 0 Å². The molecular formula is C16H26O8. The molecule has 0 aromatic carbocycles. The average molecular weight is 346 g/mol. The SMILES string of the molecule is CO[C@@H]1[C@@H](OC(C)=O)[C@H](C)O[C@@H](OC(C)=O)[C@@H]1OC(=O)C(C)(C)C.